The van der Waals surface area contributed by atoms with Crippen LogP contribution in [-0.2, 0) is 11.0 Å². The third-order valence-corrected chi connectivity index (χ3v) is 1.97. The van der Waals surface area contributed by atoms with E-state index in [1.165, 1.54) is 13.1 Å². The van der Waals surface area contributed by atoms with E-state index in [9.17, 15) is 22.4 Å². The molecule has 0 aromatic heterocycles. The van der Waals surface area contributed by atoms with Crippen molar-refractivity contribution in [3.05, 3.63) is 41.2 Å². The molecule has 1 aromatic carbocycles. The lowest BCUT2D eigenvalue weighted by Crippen LogP contribution is -2.13. The van der Waals surface area contributed by atoms with Gasteiger partial charge in [0, 0.05) is 13.1 Å². The first-order valence-electron chi connectivity index (χ1n) is 4.61. The van der Waals surface area contributed by atoms with Crippen LogP contribution in [0, 0.1) is 5.82 Å². The van der Waals surface area contributed by atoms with Crippen LogP contribution in [0.2, 0.25) is 0 Å². The van der Waals surface area contributed by atoms with E-state index in [1.54, 1.807) is 0 Å². The highest BCUT2D eigenvalue weighted by Crippen LogP contribution is 2.31. The Balaban J connectivity index is 2.98. The highest BCUT2D eigenvalue weighted by atomic mass is 19.4. The average Bonchev–Trinajstić information content (AvgIpc) is 2.24. The van der Waals surface area contributed by atoms with Crippen molar-refractivity contribution < 1.29 is 22.4 Å². The number of carbonyl (C=O) groups excluding carboxylic acids is 1. The molecule has 0 radical (unpaired) electrons. The predicted molar refractivity (Wildman–Crippen MR) is 54.5 cm³/mol. The van der Waals surface area contributed by atoms with Gasteiger partial charge >= 0.3 is 6.18 Å². The normalized spacial score (nSPS) is 11.8. The molecule has 0 aliphatic rings. The van der Waals surface area contributed by atoms with Gasteiger partial charge in [-0.15, -0.1) is 0 Å². The zero-order chi connectivity index (χ0) is 13.1. The standard InChI is InChI=1S/C11H9F4NO/c1-16-10(17)5-3-7-2-4-8(9(12)6-7)11(13,14)15/h2-6H,1H3,(H,16,17). The van der Waals surface area contributed by atoms with Crippen molar-refractivity contribution in [1.82, 2.24) is 5.32 Å². The third-order valence-electron chi connectivity index (χ3n) is 1.97. The number of nitrogens with one attached hydrogen (secondary N) is 1. The van der Waals surface area contributed by atoms with Gasteiger partial charge < -0.3 is 5.32 Å². The fraction of sp³-hybridized carbons (Fsp3) is 0.182. The van der Waals surface area contributed by atoms with Crippen molar-refractivity contribution in [2.24, 2.45) is 0 Å². The summed E-state index contributed by atoms with van der Waals surface area (Å²) in [6.45, 7) is 0. The topological polar surface area (TPSA) is 29.1 Å². The van der Waals surface area contributed by atoms with Crippen molar-refractivity contribution in [3.8, 4) is 0 Å². The van der Waals surface area contributed by atoms with Gasteiger partial charge in [0.05, 0.1) is 5.56 Å². The zero-order valence-corrected chi connectivity index (χ0v) is 8.81. The number of hydrogen-bond acceptors (Lipinski definition) is 1. The Hall–Kier alpha value is -1.85. The summed E-state index contributed by atoms with van der Waals surface area (Å²) in [6, 6.07) is 2.45. The molecule has 0 unspecified atom stereocenters. The SMILES string of the molecule is CNC(=O)C=Cc1ccc(C(F)(F)F)c(F)c1. The monoisotopic (exact) mass is 247 g/mol. The van der Waals surface area contributed by atoms with Gasteiger partial charge in [-0.2, -0.15) is 13.2 Å². The van der Waals surface area contributed by atoms with Gasteiger partial charge in [0.2, 0.25) is 5.91 Å². The van der Waals surface area contributed by atoms with Crippen LogP contribution in [0.1, 0.15) is 11.1 Å². The average molecular weight is 247 g/mol. The summed E-state index contributed by atoms with van der Waals surface area (Å²) in [5.74, 6) is -1.79. The van der Waals surface area contributed by atoms with Gasteiger partial charge in [-0.05, 0) is 23.8 Å². The number of amides is 1. The molecule has 0 saturated heterocycles. The van der Waals surface area contributed by atoms with Gasteiger partial charge in [0.15, 0.2) is 0 Å². The Morgan fingerprint density at radius 3 is 2.47 bits per heavy atom. The molecule has 0 aliphatic heterocycles. The van der Waals surface area contributed by atoms with E-state index in [2.05, 4.69) is 5.32 Å². The van der Waals surface area contributed by atoms with E-state index in [0.717, 1.165) is 18.2 Å². The molecular weight excluding hydrogens is 238 g/mol. The second-order valence-corrected chi connectivity index (χ2v) is 3.18. The maximum atomic E-state index is 13.1. The van der Waals surface area contributed by atoms with Gasteiger partial charge in [-0.1, -0.05) is 6.07 Å². The van der Waals surface area contributed by atoms with Crippen LogP contribution >= 0.6 is 0 Å². The Morgan fingerprint density at radius 2 is 2.00 bits per heavy atom. The van der Waals surface area contributed by atoms with E-state index >= 15 is 0 Å². The first kappa shape index (κ1) is 13.2. The molecule has 1 rings (SSSR count). The minimum atomic E-state index is -4.72. The van der Waals surface area contributed by atoms with Crippen molar-refractivity contribution in [1.29, 1.82) is 0 Å². The lowest BCUT2D eigenvalue weighted by atomic mass is 10.1. The molecule has 0 saturated carbocycles. The Morgan fingerprint density at radius 1 is 1.35 bits per heavy atom. The third kappa shape index (κ3) is 3.58. The smallest absolute Gasteiger partial charge is 0.356 e. The van der Waals surface area contributed by atoms with E-state index in [1.807, 2.05) is 0 Å². The lowest BCUT2D eigenvalue weighted by Gasteiger charge is -2.07. The molecule has 1 amide bonds. The largest absolute Gasteiger partial charge is 0.419 e. The van der Waals surface area contributed by atoms with Crippen LogP contribution in [-0.4, -0.2) is 13.0 Å². The molecule has 6 heteroatoms. The van der Waals surface area contributed by atoms with E-state index in [0.29, 0.717) is 6.07 Å². The fourth-order valence-electron chi connectivity index (χ4n) is 1.12. The number of benzene rings is 1. The maximum absolute atomic E-state index is 13.1. The summed E-state index contributed by atoms with van der Waals surface area (Å²) in [7, 11) is 1.40. The lowest BCUT2D eigenvalue weighted by molar-refractivity contribution is -0.140. The molecule has 0 atom stereocenters. The minimum Gasteiger partial charge on any atom is -0.356 e. The van der Waals surface area contributed by atoms with Crippen LogP contribution in [0.5, 0.6) is 0 Å². The second-order valence-electron chi connectivity index (χ2n) is 3.18. The molecule has 0 bridgehead atoms. The van der Waals surface area contributed by atoms with Crippen molar-refractivity contribution in [3.63, 3.8) is 0 Å². The van der Waals surface area contributed by atoms with Crippen molar-refractivity contribution >= 4 is 12.0 Å². The zero-order valence-electron chi connectivity index (χ0n) is 8.81. The van der Waals surface area contributed by atoms with Crippen LogP contribution in [0.4, 0.5) is 17.6 Å². The molecule has 0 fully saturated rings. The second kappa shape index (κ2) is 4.99. The number of halogens is 4. The summed E-state index contributed by atoms with van der Waals surface area (Å²) >= 11 is 0. The minimum absolute atomic E-state index is 0.180. The molecule has 1 N–H and O–H groups in total. The number of carbonyl (C=O) groups is 1. The Kier molecular flexibility index (Phi) is 3.88. The summed E-state index contributed by atoms with van der Waals surface area (Å²) in [6.07, 6.45) is -2.39. The number of alkyl halides is 3. The first-order valence-corrected chi connectivity index (χ1v) is 4.61. The molecule has 17 heavy (non-hydrogen) atoms. The van der Waals surface area contributed by atoms with Gasteiger partial charge in [0.25, 0.3) is 0 Å². The number of likely N-dealkylation sites (N-methyl/N-ethyl adjacent to an activating group) is 1. The summed E-state index contributed by atoms with van der Waals surface area (Å²) in [5.41, 5.74) is -1.14. The molecule has 92 valence electrons. The Labute approximate surface area is 94.9 Å². The Bertz CT molecular complexity index is 451. The molecule has 0 aliphatic carbocycles. The molecule has 0 heterocycles. The summed E-state index contributed by atoms with van der Waals surface area (Å²) in [5, 5.41) is 2.29. The maximum Gasteiger partial charge on any atom is 0.419 e. The summed E-state index contributed by atoms with van der Waals surface area (Å²) in [4.78, 5) is 10.8. The molecule has 2 nitrogen and oxygen atoms in total. The highest BCUT2D eigenvalue weighted by Gasteiger charge is 2.33. The van der Waals surface area contributed by atoms with E-state index < -0.39 is 23.5 Å². The van der Waals surface area contributed by atoms with Gasteiger partial charge in [-0.25, -0.2) is 4.39 Å². The van der Waals surface area contributed by atoms with Gasteiger partial charge in [0.1, 0.15) is 5.82 Å². The van der Waals surface area contributed by atoms with Crippen LogP contribution in [0.3, 0.4) is 0 Å². The quantitative estimate of drug-likeness (QED) is 0.631. The van der Waals surface area contributed by atoms with Crippen LogP contribution < -0.4 is 5.32 Å². The molecule has 1 aromatic rings. The van der Waals surface area contributed by atoms with Crippen LogP contribution in [0.25, 0.3) is 6.08 Å². The van der Waals surface area contributed by atoms with Gasteiger partial charge in [-0.3, -0.25) is 4.79 Å². The van der Waals surface area contributed by atoms with Crippen LogP contribution in [0.15, 0.2) is 24.3 Å². The number of hydrogen-bond donors (Lipinski definition) is 1. The van der Waals surface area contributed by atoms with Crippen molar-refractivity contribution in [2.75, 3.05) is 7.05 Å². The molecule has 0 spiro atoms. The van der Waals surface area contributed by atoms with Crippen molar-refractivity contribution in [2.45, 2.75) is 6.18 Å². The van der Waals surface area contributed by atoms with E-state index in [4.69, 9.17) is 0 Å². The number of rotatable bonds is 2. The molecular formula is C11H9F4NO. The first-order chi connectivity index (χ1) is 7.84. The fourth-order valence-corrected chi connectivity index (χ4v) is 1.12. The highest BCUT2D eigenvalue weighted by molar-refractivity contribution is 5.91. The van der Waals surface area contributed by atoms with E-state index in [-0.39, 0.29) is 5.56 Å². The summed E-state index contributed by atoms with van der Waals surface area (Å²) < 4.78 is 49.8. The predicted octanol–water partition coefficient (Wildman–Crippen LogP) is 2.60.